The molecule has 18 heavy (non-hydrogen) atoms. The zero-order chi connectivity index (χ0) is 13.5. The maximum atomic E-state index is 13.4. The summed E-state index contributed by atoms with van der Waals surface area (Å²) >= 11 is 0. The molecule has 4 nitrogen and oxygen atoms in total. The van der Waals surface area contributed by atoms with E-state index in [0.29, 0.717) is 25.9 Å². The molecule has 0 aliphatic heterocycles. The smallest absolute Gasteiger partial charge is 0.168 e. The van der Waals surface area contributed by atoms with Crippen molar-refractivity contribution in [2.45, 2.75) is 32.8 Å². The zero-order valence-electron chi connectivity index (χ0n) is 10.6. The molecule has 1 unspecified atom stereocenters. The van der Waals surface area contributed by atoms with Crippen molar-refractivity contribution < 1.29 is 13.9 Å². The predicted molar refractivity (Wildman–Crippen MR) is 67.7 cm³/mol. The Bertz CT molecular complexity index is 386. The largest absolute Gasteiger partial charge is 0.393 e. The summed E-state index contributed by atoms with van der Waals surface area (Å²) < 4.78 is 26.7. The topological polar surface area (TPSA) is 57.2 Å². The Labute approximate surface area is 105 Å². The minimum Gasteiger partial charge on any atom is -0.393 e. The van der Waals surface area contributed by atoms with Crippen LogP contribution in [-0.2, 0) is 0 Å². The van der Waals surface area contributed by atoms with E-state index in [-0.39, 0.29) is 17.7 Å². The van der Waals surface area contributed by atoms with Crippen LogP contribution in [0.2, 0.25) is 0 Å². The summed E-state index contributed by atoms with van der Waals surface area (Å²) in [6, 6.07) is 0.808. The van der Waals surface area contributed by atoms with E-state index in [9.17, 15) is 8.78 Å². The molecule has 0 spiro atoms. The molecule has 0 fully saturated rings. The van der Waals surface area contributed by atoms with Gasteiger partial charge in [0.05, 0.1) is 6.10 Å². The molecule has 0 saturated heterocycles. The number of hydrogen-bond donors (Lipinski definition) is 3. The fraction of sp³-hybridized carbons (Fsp3) is 0.583. The van der Waals surface area contributed by atoms with Crippen molar-refractivity contribution in [1.82, 2.24) is 4.98 Å². The number of hydrogen-bond acceptors (Lipinski definition) is 4. The number of rotatable bonds is 7. The van der Waals surface area contributed by atoms with Gasteiger partial charge >= 0.3 is 0 Å². The van der Waals surface area contributed by atoms with Crippen molar-refractivity contribution in [3.63, 3.8) is 0 Å². The van der Waals surface area contributed by atoms with E-state index in [0.717, 1.165) is 6.07 Å². The minimum atomic E-state index is -0.716. The predicted octanol–water partition coefficient (Wildman–Crippen LogP) is 2.36. The van der Waals surface area contributed by atoms with Crippen LogP contribution >= 0.6 is 0 Å². The Hall–Kier alpha value is -1.43. The van der Waals surface area contributed by atoms with Gasteiger partial charge in [0.1, 0.15) is 0 Å². The molecule has 0 saturated carbocycles. The lowest BCUT2D eigenvalue weighted by molar-refractivity contribution is 0.183. The van der Waals surface area contributed by atoms with E-state index in [1.54, 1.807) is 13.8 Å². The summed E-state index contributed by atoms with van der Waals surface area (Å²) in [7, 11) is 0. The first kappa shape index (κ1) is 14.6. The van der Waals surface area contributed by atoms with E-state index in [1.165, 1.54) is 0 Å². The Morgan fingerprint density at radius 1 is 1.28 bits per heavy atom. The van der Waals surface area contributed by atoms with E-state index >= 15 is 0 Å². The van der Waals surface area contributed by atoms with Gasteiger partial charge in [0.2, 0.25) is 0 Å². The summed E-state index contributed by atoms with van der Waals surface area (Å²) in [5.41, 5.74) is 0. The van der Waals surface area contributed by atoms with Gasteiger partial charge in [-0.05, 0) is 26.7 Å². The number of pyridine rings is 1. The van der Waals surface area contributed by atoms with Gasteiger partial charge in [-0.3, -0.25) is 0 Å². The van der Waals surface area contributed by atoms with Crippen LogP contribution in [0.4, 0.5) is 20.4 Å². The molecule has 6 heteroatoms. The summed E-state index contributed by atoms with van der Waals surface area (Å²) in [6.45, 7) is 4.49. The molecular weight excluding hydrogens is 240 g/mol. The van der Waals surface area contributed by atoms with Gasteiger partial charge in [-0.2, -0.15) is 0 Å². The van der Waals surface area contributed by atoms with Crippen LogP contribution in [0.1, 0.15) is 26.7 Å². The monoisotopic (exact) mass is 259 g/mol. The molecule has 1 atom stereocenters. The highest BCUT2D eigenvalue weighted by atomic mass is 19.1. The second-order valence-electron chi connectivity index (χ2n) is 4.10. The third kappa shape index (κ3) is 4.44. The van der Waals surface area contributed by atoms with E-state index < -0.39 is 11.6 Å². The van der Waals surface area contributed by atoms with Gasteiger partial charge in [-0.15, -0.1) is 0 Å². The average Bonchev–Trinajstić information content (AvgIpc) is 2.29. The fourth-order valence-electron chi connectivity index (χ4n) is 1.49. The van der Waals surface area contributed by atoms with Crippen molar-refractivity contribution in [2.24, 2.45) is 0 Å². The molecule has 0 bridgehead atoms. The highest BCUT2D eigenvalue weighted by Crippen LogP contribution is 2.18. The van der Waals surface area contributed by atoms with E-state index in [1.807, 2.05) is 0 Å². The number of anilines is 2. The molecule has 0 aliphatic rings. The maximum absolute atomic E-state index is 13.4. The van der Waals surface area contributed by atoms with E-state index in [4.69, 9.17) is 5.11 Å². The average molecular weight is 259 g/mol. The van der Waals surface area contributed by atoms with E-state index in [2.05, 4.69) is 15.6 Å². The van der Waals surface area contributed by atoms with Crippen LogP contribution in [0.3, 0.4) is 0 Å². The molecule has 0 amide bonds. The van der Waals surface area contributed by atoms with Gasteiger partial charge in [0, 0.05) is 19.2 Å². The Kier molecular flexibility index (Phi) is 5.77. The first-order valence-corrected chi connectivity index (χ1v) is 6.06. The van der Waals surface area contributed by atoms with Gasteiger partial charge < -0.3 is 15.7 Å². The summed E-state index contributed by atoms with van der Waals surface area (Å²) in [6.07, 6.45) is 0.929. The van der Waals surface area contributed by atoms with Crippen molar-refractivity contribution in [3.8, 4) is 0 Å². The summed E-state index contributed by atoms with van der Waals surface area (Å²) in [4.78, 5) is 3.84. The molecule has 3 N–H and O–H groups in total. The van der Waals surface area contributed by atoms with Crippen molar-refractivity contribution in [1.29, 1.82) is 0 Å². The standard InChI is InChI=1S/C12H19F2N3O/c1-3-15-11-9(13)7-10(14)12(17-11)16-6-4-5-8(2)18/h7-8,18H,3-6H2,1-2H3,(H2,15,16,17). The van der Waals surface area contributed by atoms with Crippen LogP contribution in [0, 0.1) is 11.6 Å². The Balaban J connectivity index is 2.61. The summed E-state index contributed by atoms with van der Waals surface area (Å²) in [5, 5.41) is 14.6. The van der Waals surface area contributed by atoms with Crippen molar-refractivity contribution >= 4 is 11.6 Å². The van der Waals surface area contributed by atoms with Gasteiger partial charge in [0.25, 0.3) is 0 Å². The SMILES string of the molecule is CCNc1nc(NCCCC(C)O)c(F)cc1F. The molecule has 1 heterocycles. The molecular formula is C12H19F2N3O. The molecule has 1 aromatic rings. The highest BCUT2D eigenvalue weighted by molar-refractivity contribution is 5.47. The van der Waals surface area contributed by atoms with Gasteiger partial charge in [-0.25, -0.2) is 13.8 Å². The number of aliphatic hydroxyl groups excluding tert-OH is 1. The molecule has 0 aliphatic carbocycles. The van der Waals surface area contributed by atoms with Crippen LogP contribution in [0.5, 0.6) is 0 Å². The third-order valence-corrected chi connectivity index (χ3v) is 2.36. The lowest BCUT2D eigenvalue weighted by Gasteiger charge is -2.10. The van der Waals surface area contributed by atoms with Crippen LogP contribution in [-0.4, -0.2) is 29.3 Å². The molecule has 102 valence electrons. The molecule has 0 radical (unpaired) electrons. The molecule has 1 aromatic heterocycles. The van der Waals surface area contributed by atoms with Crippen LogP contribution in [0.25, 0.3) is 0 Å². The second kappa shape index (κ2) is 7.10. The first-order valence-electron chi connectivity index (χ1n) is 6.06. The lowest BCUT2D eigenvalue weighted by atomic mass is 10.2. The van der Waals surface area contributed by atoms with Crippen LogP contribution < -0.4 is 10.6 Å². The minimum absolute atomic E-state index is 0.0259. The van der Waals surface area contributed by atoms with Crippen LogP contribution in [0.15, 0.2) is 6.07 Å². The second-order valence-corrected chi connectivity index (χ2v) is 4.10. The Morgan fingerprint density at radius 2 is 1.89 bits per heavy atom. The maximum Gasteiger partial charge on any atom is 0.168 e. The number of nitrogens with one attached hydrogen (secondary N) is 2. The van der Waals surface area contributed by atoms with Crippen molar-refractivity contribution in [3.05, 3.63) is 17.7 Å². The van der Waals surface area contributed by atoms with Gasteiger partial charge in [0.15, 0.2) is 23.3 Å². The summed E-state index contributed by atoms with van der Waals surface area (Å²) in [5.74, 6) is -1.36. The molecule has 1 rings (SSSR count). The quantitative estimate of drug-likeness (QED) is 0.658. The van der Waals surface area contributed by atoms with Crippen molar-refractivity contribution in [2.75, 3.05) is 23.7 Å². The number of halogens is 2. The highest BCUT2D eigenvalue weighted by Gasteiger charge is 2.10. The third-order valence-electron chi connectivity index (χ3n) is 2.36. The number of aliphatic hydroxyl groups is 1. The fourth-order valence-corrected chi connectivity index (χ4v) is 1.49. The molecule has 0 aromatic carbocycles. The number of aromatic nitrogens is 1. The van der Waals surface area contributed by atoms with Gasteiger partial charge in [-0.1, -0.05) is 0 Å². The first-order chi connectivity index (χ1) is 8.54. The lowest BCUT2D eigenvalue weighted by Crippen LogP contribution is -2.11. The Morgan fingerprint density at radius 3 is 2.44 bits per heavy atom. The normalized spacial score (nSPS) is 12.3. The zero-order valence-corrected chi connectivity index (χ0v) is 10.6. The number of nitrogens with zero attached hydrogens (tertiary/aromatic N) is 1.